The fraction of sp³-hybridized carbons (Fsp3) is 0.733. The predicted molar refractivity (Wildman–Crippen MR) is 84.4 cm³/mol. The van der Waals surface area contributed by atoms with Crippen LogP contribution in [0.5, 0.6) is 0 Å². The molecule has 1 fully saturated rings. The molecular formula is C15H24BrNS. The molecule has 3 heteroatoms. The summed E-state index contributed by atoms with van der Waals surface area (Å²) < 4.78 is 1.31. The minimum Gasteiger partial charge on any atom is -0.317 e. The van der Waals surface area contributed by atoms with Crippen LogP contribution in [0.1, 0.15) is 50.3 Å². The summed E-state index contributed by atoms with van der Waals surface area (Å²) >= 11 is 5.55. The fourth-order valence-electron chi connectivity index (χ4n) is 3.16. The van der Waals surface area contributed by atoms with E-state index in [1.165, 1.54) is 60.8 Å². The summed E-state index contributed by atoms with van der Waals surface area (Å²) in [7, 11) is 0. The van der Waals surface area contributed by atoms with E-state index >= 15 is 0 Å². The first-order chi connectivity index (χ1) is 8.76. The molecule has 0 aliphatic heterocycles. The Labute approximate surface area is 123 Å². The summed E-state index contributed by atoms with van der Waals surface area (Å²) in [6.45, 7) is 4.50. The average Bonchev–Trinajstić information content (AvgIpc) is 2.97. The lowest BCUT2D eigenvalue weighted by atomic mass is 9.78. The minimum absolute atomic E-state index is 0.631. The van der Waals surface area contributed by atoms with Gasteiger partial charge in [-0.05, 0) is 78.0 Å². The minimum atomic E-state index is 0.631. The van der Waals surface area contributed by atoms with Gasteiger partial charge in [0.15, 0.2) is 0 Å². The van der Waals surface area contributed by atoms with Gasteiger partial charge in [0.1, 0.15) is 0 Å². The molecule has 18 heavy (non-hydrogen) atoms. The largest absolute Gasteiger partial charge is 0.317 e. The summed E-state index contributed by atoms with van der Waals surface area (Å²) in [4.78, 5) is 1.53. The monoisotopic (exact) mass is 329 g/mol. The SMILES string of the molecule is CCNCCC1(CCc2sccc2Br)CCCC1. The van der Waals surface area contributed by atoms with Crippen LogP contribution in [-0.2, 0) is 6.42 Å². The van der Waals surface area contributed by atoms with Crippen molar-refractivity contribution in [2.45, 2.75) is 51.9 Å². The molecule has 0 bridgehead atoms. The van der Waals surface area contributed by atoms with E-state index in [0.29, 0.717) is 5.41 Å². The average molecular weight is 330 g/mol. The Hall–Kier alpha value is 0.140. The summed E-state index contributed by atoms with van der Waals surface area (Å²) in [5.41, 5.74) is 0.631. The highest BCUT2D eigenvalue weighted by Crippen LogP contribution is 2.45. The van der Waals surface area contributed by atoms with Crippen LogP contribution in [0.25, 0.3) is 0 Å². The van der Waals surface area contributed by atoms with Gasteiger partial charge in [-0.15, -0.1) is 11.3 Å². The van der Waals surface area contributed by atoms with Crippen molar-refractivity contribution in [3.8, 4) is 0 Å². The second-order valence-corrected chi connectivity index (χ2v) is 7.36. The standard InChI is InChI=1S/C15H24BrNS/c1-2-17-11-10-15(7-3-4-8-15)9-5-14-13(16)6-12-18-14/h6,12,17H,2-5,7-11H2,1H3. The van der Waals surface area contributed by atoms with Gasteiger partial charge in [-0.2, -0.15) is 0 Å². The quantitative estimate of drug-likeness (QED) is 0.694. The number of halogens is 1. The summed E-state index contributed by atoms with van der Waals surface area (Å²) in [6.07, 6.45) is 9.77. The van der Waals surface area contributed by atoms with Gasteiger partial charge in [0, 0.05) is 9.35 Å². The number of hydrogen-bond acceptors (Lipinski definition) is 2. The second kappa shape index (κ2) is 7.06. The number of hydrogen-bond donors (Lipinski definition) is 1. The summed E-state index contributed by atoms with van der Waals surface area (Å²) in [5, 5.41) is 5.69. The van der Waals surface area contributed by atoms with Crippen molar-refractivity contribution in [2.75, 3.05) is 13.1 Å². The van der Waals surface area contributed by atoms with E-state index in [-0.39, 0.29) is 0 Å². The van der Waals surface area contributed by atoms with E-state index in [1.807, 2.05) is 11.3 Å². The first-order valence-electron chi connectivity index (χ1n) is 7.18. The van der Waals surface area contributed by atoms with Crippen molar-refractivity contribution in [2.24, 2.45) is 5.41 Å². The Morgan fingerprint density at radius 3 is 2.72 bits per heavy atom. The maximum atomic E-state index is 3.66. The molecule has 1 saturated carbocycles. The number of nitrogens with one attached hydrogen (secondary N) is 1. The molecule has 0 atom stereocenters. The molecule has 1 N–H and O–H groups in total. The van der Waals surface area contributed by atoms with Gasteiger partial charge in [-0.25, -0.2) is 0 Å². The molecule has 1 aliphatic carbocycles. The molecule has 0 unspecified atom stereocenters. The summed E-state index contributed by atoms with van der Waals surface area (Å²) in [6, 6.07) is 2.18. The Morgan fingerprint density at radius 1 is 1.33 bits per heavy atom. The van der Waals surface area contributed by atoms with Crippen LogP contribution in [-0.4, -0.2) is 13.1 Å². The van der Waals surface area contributed by atoms with E-state index in [2.05, 4.69) is 39.6 Å². The van der Waals surface area contributed by atoms with Gasteiger partial charge in [-0.3, -0.25) is 0 Å². The highest BCUT2D eigenvalue weighted by atomic mass is 79.9. The smallest absolute Gasteiger partial charge is 0.0314 e. The molecule has 1 aromatic rings. The van der Waals surface area contributed by atoms with Crippen molar-refractivity contribution in [1.29, 1.82) is 0 Å². The van der Waals surface area contributed by atoms with Crippen LogP contribution in [0.15, 0.2) is 15.9 Å². The van der Waals surface area contributed by atoms with Crippen LogP contribution < -0.4 is 5.32 Å². The third kappa shape index (κ3) is 3.82. The molecule has 0 radical (unpaired) electrons. The Bertz CT molecular complexity index is 355. The molecule has 2 rings (SSSR count). The molecule has 102 valence electrons. The zero-order valence-corrected chi connectivity index (χ0v) is 13.7. The lowest BCUT2D eigenvalue weighted by Gasteiger charge is -2.29. The normalized spacial score (nSPS) is 18.3. The predicted octanol–water partition coefficient (Wildman–Crippen LogP) is 5.00. The third-order valence-electron chi connectivity index (χ3n) is 4.32. The molecule has 0 saturated heterocycles. The zero-order chi connectivity index (χ0) is 12.8. The first-order valence-corrected chi connectivity index (χ1v) is 8.86. The lowest BCUT2D eigenvalue weighted by Crippen LogP contribution is -2.25. The van der Waals surface area contributed by atoms with Crippen LogP contribution in [0.2, 0.25) is 0 Å². The van der Waals surface area contributed by atoms with Gasteiger partial charge in [-0.1, -0.05) is 19.8 Å². The van der Waals surface area contributed by atoms with Gasteiger partial charge < -0.3 is 5.32 Å². The van der Waals surface area contributed by atoms with E-state index in [9.17, 15) is 0 Å². The highest BCUT2D eigenvalue weighted by Gasteiger charge is 2.32. The van der Waals surface area contributed by atoms with Gasteiger partial charge >= 0.3 is 0 Å². The van der Waals surface area contributed by atoms with Crippen molar-refractivity contribution < 1.29 is 0 Å². The molecular weight excluding hydrogens is 306 g/mol. The van der Waals surface area contributed by atoms with Gasteiger partial charge in [0.2, 0.25) is 0 Å². The first kappa shape index (κ1) is 14.5. The van der Waals surface area contributed by atoms with Crippen molar-refractivity contribution in [1.82, 2.24) is 5.32 Å². The highest BCUT2D eigenvalue weighted by molar-refractivity contribution is 9.10. The van der Waals surface area contributed by atoms with E-state index in [1.54, 1.807) is 0 Å². The molecule has 1 heterocycles. The van der Waals surface area contributed by atoms with E-state index < -0.39 is 0 Å². The van der Waals surface area contributed by atoms with Crippen LogP contribution in [0.3, 0.4) is 0 Å². The number of aryl methyl sites for hydroxylation is 1. The third-order valence-corrected chi connectivity index (χ3v) is 6.31. The maximum absolute atomic E-state index is 3.66. The number of rotatable bonds is 7. The Balaban J connectivity index is 1.88. The lowest BCUT2D eigenvalue weighted by molar-refractivity contribution is 0.246. The van der Waals surface area contributed by atoms with Gasteiger partial charge in [0.25, 0.3) is 0 Å². The second-order valence-electron chi connectivity index (χ2n) is 5.50. The van der Waals surface area contributed by atoms with E-state index in [0.717, 1.165) is 6.54 Å². The van der Waals surface area contributed by atoms with Crippen LogP contribution in [0, 0.1) is 5.41 Å². The Kier molecular flexibility index (Phi) is 5.71. The van der Waals surface area contributed by atoms with Crippen LogP contribution >= 0.6 is 27.3 Å². The molecule has 1 aliphatic rings. The molecule has 1 nitrogen and oxygen atoms in total. The fourth-order valence-corrected chi connectivity index (χ4v) is 4.72. The summed E-state index contributed by atoms with van der Waals surface area (Å²) in [5.74, 6) is 0. The zero-order valence-electron chi connectivity index (χ0n) is 11.3. The van der Waals surface area contributed by atoms with Crippen LogP contribution in [0.4, 0.5) is 0 Å². The Morgan fingerprint density at radius 2 is 2.11 bits per heavy atom. The van der Waals surface area contributed by atoms with Crippen molar-refractivity contribution >= 4 is 27.3 Å². The topological polar surface area (TPSA) is 12.0 Å². The number of thiophene rings is 1. The molecule has 0 aromatic carbocycles. The molecule has 1 aromatic heterocycles. The maximum Gasteiger partial charge on any atom is 0.0314 e. The van der Waals surface area contributed by atoms with E-state index in [4.69, 9.17) is 0 Å². The van der Waals surface area contributed by atoms with Crippen molar-refractivity contribution in [3.05, 3.63) is 20.8 Å². The molecule has 0 amide bonds. The van der Waals surface area contributed by atoms with Gasteiger partial charge in [0.05, 0.1) is 0 Å². The molecule has 0 spiro atoms. The van der Waals surface area contributed by atoms with Crippen molar-refractivity contribution in [3.63, 3.8) is 0 Å².